The molecule has 1 amide bonds. The molecule has 1 aliphatic heterocycles. The molecule has 1 unspecified atom stereocenters. The normalized spacial score (nSPS) is 15.2. The van der Waals surface area contributed by atoms with Crippen LogP contribution in [0.25, 0.3) is 11.1 Å². The number of amides is 1. The Labute approximate surface area is 184 Å². The van der Waals surface area contributed by atoms with Crippen molar-refractivity contribution in [2.75, 3.05) is 19.0 Å². The van der Waals surface area contributed by atoms with Gasteiger partial charge in [0.25, 0.3) is 0 Å². The van der Waals surface area contributed by atoms with Gasteiger partial charge in [0, 0.05) is 22.8 Å². The van der Waals surface area contributed by atoms with Gasteiger partial charge in [0.15, 0.2) is 11.5 Å². The lowest BCUT2D eigenvalue weighted by Gasteiger charge is -2.24. The van der Waals surface area contributed by atoms with Crippen molar-refractivity contribution in [1.29, 1.82) is 0 Å². The van der Waals surface area contributed by atoms with Crippen molar-refractivity contribution in [1.82, 2.24) is 0 Å². The summed E-state index contributed by atoms with van der Waals surface area (Å²) in [5.41, 5.74) is 2.80. The first-order chi connectivity index (χ1) is 15.0. The Balaban J connectivity index is 1.85. The van der Waals surface area contributed by atoms with Crippen LogP contribution in [0.4, 0.5) is 5.69 Å². The van der Waals surface area contributed by atoms with Gasteiger partial charge in [-0.05, 0) is 29.7 Å². The van der Waals surface area contributed by atoms with Gasteiger partial charge >= 0.3 is 5.97 Å². The lowest BCUT2D eigenvalue weighted by molar-refractivity contribution is -0.116. The zero-order chi connectivity index (χ0) is 22.0. The Morgan fingerprint density at radius 1 is 1.19 bits per heavy atom. The fourth-order valence-corrected chi connectivity index (χ4v) is 5.07. The highest BCUT2D eigenvalue weighted by molar-refractivity contribution is 7.15. The van der Waals surface area contributed by atoms with E-state index in [1.165, 1.54) is 11.3 Å². The molecule has 2 N–H and O–H groups in total. The Bertz CT molecular complexity index is 1120. The highest BCUT2D eigenvalue weighted by Crippen LogP contribution is 2.50. The molecule has 1 aliphatic rings. The number of carbonyl (C=O) groups is 2. The first-order valence-electron chi connectivity index (χ1n) is 10.1. The molecule has 2 heterocycles. The second kappa shape index (κ2) is 8.81. The molecule has 7 heteroatoms. The van der Waals surface area contributed by atoms with Crippen molar-refractivity contribution in [3.05, 3.63) is 63.8 Å². The number of carboxylic acid groups (broad SMARTS) is 1. The number of rotatable bonds is 7. The summed E-state index contributed by atoms with van der Waals surface area (Å²) in [5.74, 6) is -0.170. The summed E-state index contributed by atoms with van der Waals surface area (Å²) in [6.07, 6.45) is 1.09. The zero-order valence-electron chi connectivity index (χ0n) is 17.3. The maximum absolute atomic E-state index is 12.6. The number of nitrogens with one attached hydrogen (secondary N) is 1. The molecule has 31 heavy (non-hydrogen) atoms. The lowest BCUT2D eigenvalue weighted by Crippen LogP contribution is -2.22. The van der Waals surface area contributed by atoms with E-state index in [-0.39, 0.29) is 23.1 Å². The van der Waals surface area contributed by atoms with Gasteiger partial charge in [0.05, 0.1) is 19.4 Å². The van der Waals surface area contributed by atoms with Crippen molar-refractivity contribution in [2.45, 2.75) is 25.7 Å². The van der Waals surface area contributed by atoms with Crippen LogP contribution in [-0.4, -0.2) is 30.7 Å². The SMILES string of the molecule is CCCOc1cc(C2CC(=O)Nc3c2sc(C(=O)O)c3-c2ccccc2)ccc1OC. The Morgan fingerprint density at radius 2 is 1.97 bits per heavy atom. The number of hydrogen-bond acceptors (Lipinski definition) is 5. The minimum absolute atomic E-state index is 0.142. The quantitative estimate of drug-likeness (QED) is 0.518. The number of ether oxygens (including phenoxy) is 2. The smallest absolute Gasteiger partial charge is 0.346 e. The van der Waals surface area contributed by atoms with Crippen LogP contribution in [0.3, 0.4) is 0 Å². The predicted molar refractivity (Wildman–Crippen MR) is 121 cm³/mol. The maximum Gasteiger partial charge on any atom is 0.346 e. The standard InChI is InChI=1S/C24H23NO5S/c1-3-11-30-18-12-15(9-10-17(18)29-2)16-13-19(26)25-21-20(14-7-5-4-6-8-14)23(24(27)28)31-22(16)21/h4-10,12,16H,3,11,13H2,1-2H3,(H,25,26)(H,27,28). The number of carboxylic acids is 1. The second-order valence-electron chi connectivity index (χ2n) is 7.28. The molecular weight excluding hydrogens is 414 g/mol. The molecule has 0 radical (unpaired) electrons. The highest BCUT2D eigenvalue weighted by Gasteiger charge is 2.34. The van der Waals surface area contributed by atoms with Gasteiger partial charge in [-0.25, -0.2) is 4.79 Å². The number of benzene rings is 2. The third-order valence-electron chi connectivity index (χ3n) is 5.21. The van der Waals surface area contributed by atoms with Gasteiger partial charge in [-0.1, -0.05) is 43.3 Å². The first-order valence-corrected chi connectivity index (χ1v) is 10.9. The van der Waals surface area contributed by atoms with E-state index in [9.17, 15) is 14.7 Å². The molecule has 0 saturated heterocycles. The van der Waals surface area contributed by atoms with Crippen LogP contribution < -0.4 is 14.8 Å². The number of hydrogen-bond donors (Lipinski definition) is 2. The van der Waals surface area contributed by atoms with E-state index < -0.39 is 5.97 Å². The fourth-order valence-electron chi connectivity index (χ4n) is 3.82. The molecule has 0 aliphatic carbocycles. The molecule has 2 aromatic carbocycles. The van der Waals surface area contributed by atoms with Crippen LogP contribution in [0.1, 0.15) is 45.8 Å². The molecule has 6 nitrogen and oxygen atoms in total. The summed E-state index contributed by atoms with van der Waals surface area (Å²) in [6, 6.07) is 14.9. The van der Waals surface area contributed by atoms with Gasteiger partial charge in [-0.3, -0.25) is 4.79 Å². The number of thiophene rings is 1. The summed E-state index contributed by atoms with van der Waals surface area (Å²) in [5, 5.41) is 12.8. The summed E-state index contributed by atoms with van der Waals surface area (Å²) in [4.78, 5) is 25.8. The monoisotopic (exact) mass is 437 g/mol. The fraction of sp³-hybridized carbons (Fsp3) is 0.250. The van der Waals surface area contributed by atoms with Gasteiger partial charge < -0.3 is 19.9 Å². The van der Waals surface area contributed by atoms with Gasteiger partial charge in [0.1, 0.15) is 4.88 Å². The van der Waals surface area contributed by atoms with E-state index in [4.69, 9.17) is 9.47 Å². The molecule has 4 rings (SSSR count). The van der Waals surface area contributed by atoms with Gasteiger partial charge in [-0.15, -0.1) is 11.3 Å². The third kappa shape index (κ3) is 4.01. The number of methoxy groups -OCH3 is 1. The first kappa shape index (κ1) is 20.9. The van der Waals surface area contributed by atoms with E-state index in [2.05, 4.69) is 5.32 Å². The highest BCUT2D eigenvalue weighted by atomic mass is 32.1. The molecule has 160 valence electrons. The molecule has 1 aromatic heterocycles. The molecule has 0 saturated carbocycles. The topological polar surface area (TPSA) is 84.9 Å². The summed E-state index contributed by atoms with van der Waals surface area (Å²) in [6.45, 7) is 2.58. The van der Waals surface area contributed by atoms with E-state index in [1.807, 2.05) is 55.5 Å². The van der Waals surface area contributed by atoms with Crippen molar-refractivity contribution >= 4 is 28.9 Å². The van der Waals surface area contributed by atoms with E-state index in [1.54, 1.807) is 7.11 Å². The van der Waals surface area contributed by atoms with Crippen LogP contribution in [0.15, 0.2) is 48.5 Å². The zero-order valence-corrected chi connectivity index (χ0v) is 18.1. The summed E-state index contributed by atoms with van der Waals surface area (Å²) in [7, 11) is 1.59. The minimum Gasteiger partial charge on any atom is -0.493 e. The molecule has 3 aromatic rings. The summed E-state index contributed by atoms with van der Waals surface area (Å²) < 4.78 is 11.3. The minimum atomic E-state index is -1.01. The Hall–Kier alpha value is -3.32. The number of aromatic carboxylic acids is 1. The van der Waals surface area contributed by atoms with E-state index in [0.717, 1.165) is 22.4 Å². The summed E-state index contributed by atoms with van der Waals surface area (Å²) >= 11 is 1.22. The van der Waals surface area contributed by atoms with Crippen LogP contribution in [0.2, 0.25) is 0 Å². The Kier molecular flexibility index (Phi) is 5.95. The molecule has 0 fully saturated rings. The van der Waals surface area contributed by atoms with E-state index in [0.29, 0.717) is 29.4 Å². The van der Waals surface area contributed by atoms with Gasteiger partial charge in [-0.2, -0.15) is 0 Å². The number of fused-ring (bicyclic) bond motifs is 1. The molecule has 1 atom stereocenters. The van der Waals surface area contributed by atoms with Crippen LogP contribution >= 0.6 is 11.3 Å². The number of anilines is 1. The van der Waals surface area contributed by atoms with Crippen molar-refractivity contribution < 1.29 is 24.2 Å². The van der Waals surface area contributed by atoms with Crippen molar-refractivity contribution in [2.24, 2.45) is 0 Å². The van der Waals surface area contributed by atoms with Crippen LogP contribution in [0.5, 0.6) is 11.5 Å². The lowest BCUT2D eigenvalue weighted by atomic mass is 9.88. The number of carbonyl (C=O) groups excluding carboxylic acids is 1. The Morgan fingerprint density at radius 3 is 2.65 bits per heavy atom. The van der Waals surface area contributed by atoms with Gasteiger partial charge in [0.2, 0.25) is 5.91 Å². The average Bonchev–Trinajstić information content (AvgIpc) is 3.17. The molecule has 0 spiro atoms. The largest absolute Gasteiger partial charge is 0.493 e. The van der Waals surface area contributed by atoms with Crippen molar-refractivity contribution in [3.63, 3.8) is 0 Å². The second-order valence-corrected chi connectivity index (χ2v) is 8.33. The van der Waals surface area contributed by atoms with Crippen LogP contribution in [-0.2, 0) is 4.79 Å². The molecular formula is C24H23NO5S. The average molecular weight is 438 g/mol. The van der Waals surface area contributed by atoms with Crippen molar-refractivity contribution in [3.8, 4) is 22.6 Å². The van der Waals surface area contributed by atoms with Crippen LogP contribution in [0, 0.1) is 0 Å². The predicted octanol–water partition coefficient (Wildman–Crippen LogP) is 5.38. The maximum atomic E-state index is 12.6. The van der Waals surface area contributed by atoms with E-state index >= 15 is 0 Å². The third-order valence-corrected chi connectivity index (χ3v) is 6.51. The molecule has 0 bridgehead atoms.